The number of carbonyl (C=O) groups is 2. The molecule has 0 unspecified atom stereocenters. The van der Waals surface area contributed by atoms with Crippen molar-refractivity contribution in [3.05, 3.63) is 89.5 Å². The van der Waals surface area contributed by atoms with Crippen LogP contribution in [0.25, 0.3) is 0 Å². The minimum Gasteiger partial charge on any atom is -0.457 e. The first kappa shape index (κ1) is 15.1. The second kappa shape index (κ2) is 5.91. The van der Waals surface area contributed by atoms with Crippen LogP contribution in [0.1, 0.15) is 26.3 Å². The summed E-state index contributed by atoms with van der Waals surface area (Å²) in [4.78, 5) is 26.3. The molecule has 0 spiro atoms. The Labute approximate surface area is 145 Å². The average Bonchev–Trinajstić information content (AvgIpc) is 2.89. The second-order valence-corrected chi connectivity index (χ2v) is 5.86. The van der Waals surface area contributed by atoms with Gasteiger partial charge in [-0.05, 0) is 55.0 Å². The first-order valence-electron chi connectivity index (χ1n) is 7.96. The molecule has 3 aromatic carbocycles. The van der Waals surface area contributed by atoms with Crippen LogP contribution in [-0.4, -0.2) is 11.8 Å². The second-order valence-electron chi connectivity index (χ2n) is 5.86. The molecule has 25 heavy (non-hydrogen) atoms. The minimum atomic E-state index is -0.295. The molecule has 0 aliphatic carbocycles. The summed E-state index contributed by atoms with van der Waals surface area (Å²) in [6.45, 7) is 1.89. The molecule has 4 nitrogen and oxygen atoms in total. The summed E-state index contributed by atoms with van der Waals surface area (Å²) in [7, 11) is 0. The zero-order valence-corrected chi connectivity index (χ0v) is 13.6. The molecule has 4 rings (SSSR count). The molecule has 0 aromatic heterocycles. The summed E-state index contributed by atoms with van der Waals surface area (Å²) in [5.74, 6) is 0.832. The molecule has 0 N–H and O–H groups in total. The van der Waals surface area contributed by atoms with Crippen molar-refractivity contribution in [2.24, 2.45) is 0 Å². The Morgan fingerprint density at radius 3 is 1.96 bits per heavy atom. The number of hydrogen-bond acceptors (Lipinski definition) is 3. The van der Waals surface area contributed by atoms with E-state index in [9.17, 15) is 9.59 Å². The topological polar surface area (TPSA) is 46.6 Å². The van der Waals surface area contributed by atoms with Crippen molar-refractivity contribution in [1.29, 1.82) is 0 Å². The molecule has 0 atom stereocenters. The van der Waals surface area contributed by atoms with Crippen LogP contribution in [0.15, 0.2) is 72.8 Å². The van der Waals surface area contributed by atoms with Gasteiger partial charge < -0.3 is 4.74 Å². The molecule has 4 heteroatoms. The van der Waals surface area contributed by atoms with Gasteiger partial charge in [-0.2, -0.15) is 0 Å². The maximum Gasteiger partial charge on any atom is 0.266 e. The molecule has 1 aliphatic rings. The van der Waals surface area contributed by atoms with Crippen molar-refractivity contribution in [1.82, 2.24) is 0 Å². The number of hydrogen-bond donors (Lipinski definition) is 0. The maximum absolute atomic E-state index is 12.6. The molecular formula is C21H15NO3. The lowest BCUT2D eigenvalue weighted by atomic mass is 10.1. The van der Waals surface area contributed by atoms with Gasteiger partial charge in [0.25, 0.3) is 11.8 Å². The van der Waals surface area contributed by atoms with Crippen molar-refractivity contribution in [2.45, 2.75) is 6.92 Å². The van der Waals surface area contributed by atoms with E-state index in [0.717, 1.165) is 11.3 Å². The minimum absolute atomic E-state index is 0.295. The third-order valence-corrected chi connectivity index (χ3v) is 4.18. The quantitative estimate of drug-likeness (QED) is 0.660. The van der Waals surface area contributed by atoms with Gasteiger partial charge in [-0.1, -0.05) is 30.3 Å². The Bertz CT molecular complexity index is 944. The van der Waals surface area contributed by atoms with Gasteiger partial charge in [0.05, 0.1) is 16.8 Å². The number of anilines is 1. The normalized spacial score (nSPS) is 13.1. The number of rotatable bonds is 3. The molecule has 0 radical (unpaired) electrons. The SMILES string of the molecule is Cc1cc(N2C(=O)c3ccccc3C2=O)ccc1Oc1ccccc1. The number of para-hydroxylation sites is 1. The van der Waals surface area contributed by atoms with E-state index in [2.05, 4.69) is 0 Å². The van der Waals surface area contributed by atoms with Crippen LogP contribution in [0.2, 0.25) is 0 Å². The highest BCUT2D eigenvalue weighted by atomic mass is 16.5. The Kier molecular flexibility index (Phi) is 3.58. The van der Waals surface area contributed by atoms with Gasteiger partial charge in [-0.3, -0.25) is 9.59 Å². The van der Waals surface area contributed by atoms with E-state index in [1.54, 1.807) is 42.5 Å². The average molecular weight is 329 g/mol. The van der Waals surface area contributed by atoms with Crippen LogP contribution >= 0.6 is 0 Å². The monoisotopic (exact) mass is 329 g/mol. The molecule has 2 amide bonds. The fourth-order valence-electron chi connectivity index (χ4n) is 2.93. The van der Waals surface area contributed by atoms with E-state index in [0.29, 0.717) is 22.6 Å². The number of nitrogens with zero attached hydrogens (tertiary/aromatic N) is 1. The van der Waals surface area contributed by atoms with Gasteiger partial charge >= 0.3 is 0 Å². The Hall–Kier alpha value is -3.40. The smallest absolute Gasteiger partial charge is 0.266 e. The zero-order chi connectivity index (χ0) is 17.4. The van der Waals surface area contributed by atoms with E-state index < -0.39 is 0 Å². The lowest BCUT2D eigenvalue weighted by molar-refractivity contribution is 0.0926. The van der Waals surface area contributed by atoms with Crippen molar-refractivity contribution in [2.75, 3.05) is 4.90 Å². The maximum atomic E-state index is 12.6. The zero-order valence-electron chi connectivity index (χ0n) is 13.6. The highest BCUT2D eigenvalue weighted by molar-refractivity contribution is 6.34. The molecule has 0 saturated carbocycles. The van der Waals surface area contributed by atoms with Gasteiger partial charge in [0.15, 0.2) is 0 Å². The molecule has 3 aromatic rings. The number of benzene rings is 3. The van der Waals surface area contributed by atoms with E-state index in [1.165, 1.54) is 4.90 Å². The lowest BCUT2D eigenvalue weighted by Crippen LogP contribution is -2.29. The molecule has 122 valence electrons. The largest absolute Gasteiger partial charge is 0.457 e. The summed E-state index contributed by atoms with van der Waals surface area (Å²) in [5.41, 5.74) is 2.27. The molecule has 1 heterocycles. The van der Waals surface area contributed by atoms with Crippen LogP contribution < -0.4 is 9.64 Å². The number of amides is 2. The van der Waals surface area contributed by atoms with Crippen LogP contribution in [-0.2, 0) is 0 Å². The van der Waals surface area contributed by atoms with Crippen LogP contribution in [0.3, 0.4) is 0 Å². The number of ether oxygens (including phenoxy) is 1. The highest BCUT2D eigenvalue weighted by Gasteiger charge is 2.36. The van der Waals surface area contributed by atoms with Gasteiger partial charge in [0, 0.05) is 0 Å². The first-order valence-corrected chi connectivity index (χ1v) is 7.96. The predicted molar refractivity (Wildman–Crippen MR) is 95.3 cm³/mol. The predicted octanol–water partition coefficient (Wildman–Crippen LogP) is 4.59. The molecule has 0 fully saturated rings. The third-order valence-electron chi connectivity index (χ3n) is 4.18. The molecule has 0 bridgehead atoms. The Morgan fingerprint density at radius 2 is 1.36 bits per heavy atom. The summed E-state index contributed by atoms with van der Waals surface area (Å²) in [5, 5.41) is 0. The van der Waals surface area contributed by atoms with Crippen molar-refractivity contribution < 1.29 is 14.3 Å². The van der Waals surface area contributed by atoms with Crippen LogP contribution in [0.4, 0.5) is 5.69 Å². The Balaban J connectivity index is 1.66. The summed E-state index contributed by atoms with van der Waals surface area (Å²) in [6, 6.07) is 21.6. The van der Waals surface area contributed by atoms with Crippen molar-refractivity contribution in [3.63, 3.8) is 0 Å². The van der Waals surface area contributed by atoms with Crippen molar-refractivity contribution in [3.8, 4) is 11.5 Å². The van der Waals surface area contributed by atoms with Gasteiger partial charge in [-0.25, -0.2) is 4.90 Å². The summed E-state index contributed by atoms with van der Waals surface area (Å²) >= 11 is 0. The lowest BCUT2D eigenvalue weighted by Gasteiger charge is -2.16. The summed E-state index contributed by atoms with van der Waals surface area (Å²) < 4.78 is 5.85. The number of carbonyl (C=O) groups excluding carboxylic acids is 2. The molecule has 1 aliphatic heterocycles. The van der Waals surface area contributed by atoms with E-state index in [-0.39, 0.29) is 11.8 Å². The van der Waals surface area contributed by atoms with Gasteiger partial charge in [0.2, 0.25) is 0 Å². The third kappa shape index (κ3) is 2.58. The van der Waals surface area contributed by atoms with Gasteiger partial charge in [0.1, 0.15) is 11.5 Å². The Morgan fingerprint density at radius 1 is 0.760 bits per heavy atom. The molecular weight excluding hydrogens is 314 g/mol. The highest BCUT2D eigenvalue weighted by Crippen LogP contribution is 2.32. The van der Waals surface area contributed by atoms with E-state index >= 15 is 0 Å². The number of imide groups is 1. The standard InChI is InChI=1S/C21H15NO3/c1-14-13-15(11-12-19(14)25-16-7-3-2-4-8-16)22-20(23)17-9-5-6-10-18(17)21(22)24/h2-13H,1H3. The number of fused-ring (bicyclic) bond motifs is 1. The van der Waals surface area contributed by atoms with Crippen LogP contribution in [0, 0.1) is 6.92 Å². The fraction of sp³-hybridized carbons (Fsp3) is 0.0476. The van der Waals surface area contributed by atoms with Gasteiger partial charge in [-0.15, -0.1) is 0 Å². The molecule has 0 saturated heterocycles. The number of aryl methyl sites for hydroxylation is 1. The van der Waals surface area contributed by atoms with E-state index in [4.69, 9.17) is 4.74 Å². The fourth-order valence-corrected chi connectivity index (χ4v) is 2.93. The van der Waals surface area contributed by atoms with Crippen LogP contribution in [0.5, 0.6) is 11.5 Å². The van der Waals surface area contributed by atoms with Crippen molar-refractivity contribution >= 4 is 17.5 Å². The van der Waals surface area contributed by atoms with E-state index in [1.807, 2.05) is 37.3 Å². The first-order chi connectivity index (χ1) is 12.1. The summed E-state index contributed by atoms with van der Waals surface area (Å²) in [6.07, 6.45) is 0.